The van der Waals surface area contributed by atoms with E-state index in [0.717, 1.165) is 31.4 Å². The Morgan fingerprint density at radius 1 is 1.28 bits per heavy atom. The predicted molar refractivity (Wildman–Crippen MR) is 72.7 cm³/mol. The fourth-order valence-corrected chi connectivity index (χ4v) is 2.80. The standard InChI is InChI=1S/C15H24N2O/c1-2-10-17-12-14(11-16-17)15(18)13-8-6-4-3-5-7-9-13/h11-13H,2-10H2,1H3. The number of nitrogens with zero attached hydrogens (tertiary/aromatic N) is 2. The fourth-order valence-electron chi connectivity index (χ4n) is 2.80. The van der Waals surface area contributed by atoms with Crippen molar-refractivity contribution in [3.8, 4) is 0 Å². The third-order valence-electron chi connectivity index (χ3n) is 3.85. The quantitative estimate of drug-likeness (QED) is 0.759. The molecular formula is C15H24N2O. The summed E-state index contributed by atoms with van der Waals surface area (Å²) in [6.45, 7) is 3.02. The van der Waals surface area contributed by atoms with Crippen LogP contribution in [0.4, 0.5) is 0 Å². The van der Waals surface area contributed by atoms with Crippen LogP contribution in [-0.4, -0.2) is 15.6 Å². The van der Waals surface area contributed by atoms with Crippen LogP contribution in [0.1, 0.15) is 68.6 Å². The molecule has 3 heteroatoms. The monoisotopic (exact) mass is 248 g/mol. The smallest absolute Gasteiger partial charge is 0.169 e. The fraction of sp³-hybridized carbons (Fsp3) is 0.733. The maximum atomic E-state index is 12.4. The van der Waals surface area contributed by atoms with Crippen LogP contribution in [0.25, 0.3) is 0 Å². The van der Waals surface area contributed by atoms with Crippen LogP contribution < -0.4 is 0 Å². The number of carbonyl (C=O) groups is 1. The summed E-state index contributed by atoms with van der Waals surface area (Å²) in [5.41, 5.74) is 0.814. The summed E-state index contributed by atoms with van der Waals surface area (Å²) in [6.07, 6.45) is 13.2. The average molecular weight is 248 g/mol. The SMILES string of the molecule is CCCn1cc(C(=O)C2CCCCCCC2)cn1. The number of Topliss-reactive ketones (excluding diaryl/α,β-unsaturated/α-hetero) is 1. The van der Waals surface area contributed by atoms with Gasteiger partial charge in [-0.3, -0.25) is 9.48 Å². The predicted octanol–water partition coefficient (Wildman–Crippen LogP) is 3.84. The molecule has 3 nitrogen and oxygen atoms in total. The summed E-state index contributed by atoms with van der Waals surface area (Å²) in [6, 6.07) is 0. The van der Waals surface area contributed by atoms with Crippen molar-refractivity contribution in [2.75, 3.05) is 0 Å². The molecule has 100 valence electrons. The van der Waals surface area contributed by atoms with Crippen molar-refractivity contribution in [2.45, 2.75) is 64.8 Å². The number of ketones is 1. The Morgan fingerprint density at radius 2 is 1.94 bits per heavy atom. The maximum absolute atomic E-state index is 12.4. The van der Waals surface area contributed by atoms with Gasteiger partial charge in [0, 0.05) is 18.7 Å². The molecule has 0 N–H and O–H groups in total. The Labute approximate surface area is 110 Å². The van der Waals surface area contributed by atoms with Crippen LogP contribution in [0.3, 0.4) is 0 Å². The number of aromatic nitrogens is 2. The average Bonchev–Trinajstić information content (AvgIpc) is 2.77. The molecule has 0 aromatic carbocycles. The zero-order chi connectivity index (χ0) is 12.8. The first-order valence-electron chi connectivity index (χ1n) is 7.38. The summed E-state index contributed by atoms with van der Waals surface area (Å²) in [5.74, 6) is 0.559. The highest BCUT2D eigenvalue weighted by Crippen LogP contribution is 2.25. The van der Waals surface area contributed by atoms with Gasteiger partial charge in [0.05, 0.1) is 11.8 Å². The lowest BCUT2D eigenvalue weighted by molar-refractivity contribution is 0.0898. The van der Waals surface area contributed by atoms with Gasteiger partial charge < -0.3 is 0 Å². The summed E-state index contributed by atoms with van der Waals surface area (Å²) < 4.78 is 1.89. The minimum atomic E-state index is 0.240. The largest absolute Gasteiger partial charge is 0.294 e. The molecular weight excluding hydrogens is 224 g/mol. The van der Waals surface area contributed by atoms with Crippen molar-refractivity contribution in [1.82, 2.24) is 9.78 Å². The lowest BCUT2D eigenvalue weighted by atomic mass is 9.86. The van der Waals surface area contributed by atoms with E-state index in [4.69, 9.17) is 0 Å². The van der Waals surface area contributed by atoms with E-state index in [1.807, 2.05) is 10.9 Å². The first kappa shape index (κ1) is 13.3. The first-order valence-corrected chi connectivity index (χ1v) is 7.38. The van der Waals surface area contributed by atoms with E-state index < -0.39 is 0 Å². The van der Waals surface area contributed by atoms with Crippen LogP contribution >= 0.6 is 0 Å². The molecule has 0 aliphatic heterocycles. The first-order chi connectivity index (χ1) is 8.81. The third-order valence-corrected chi connectivity index (χ3v) is 3.85. The summed E-state index contributed by atoms with van der Waals surface area (Å²) in [4.78, 5) is 12.4. The zero-order valence-electron chi connectivity index (χ0n) is 11.4. The second-order valence-electron chi connectivity index (χ2n) is 5.40. The van der Waals surface area contributed by atoms with Gasteiger partial charge in [-0.05, 0) is 19.3 Å². The van der Waals surface area contributed by atoms with E-state index in [9.17, 15) is 4.79 Å². The minimum Gasteiger partial charge on any atom is -0.294 e. The number of aryl methyl sites for hydroxylation is 1. The van der Waals surface area contributed by atoms with Gasteiger partial charge >= 0.3 is 0 Å². The highest BCUT2D eigenvalue weighted by atomic mass is 16.1. The van der Waals surface area contributed by atoms with E-state index in [1.165, 1.54) is 32.1 Å². The summed E-state index contributed by atoms with van der Waals surface area (Å²) in [5, 5.41) is 4.26. The van der Waals surface area contributed by atoms with E-state index in [-0.39, 0.29) is 5.92 Å². The molecule has 0 spiro atoms. The van der Waals surface area contributed by atoms with Crippen LogP contribution in [0, 0.1) is 5.92 Å². The normalized spacial score (nSPS) is 18.3. The highest BCUT2D eigenvalue weighted by molar-refractivity contribution is 5.97. The van der Waals surface area contributed by atoms with Gasteiger partial charge in [0.25, 0.3) is 0 Å². The number of carbonyl (C=O) groups excluding carboxylic acids is 1. The highest BCUT2D eigenvalue weighted by Gasteiger charge is 2.21. The molecule has 1 saturated carbocycles. The second-order valence-corrected chi connectivity index (χ2v) is 5.40. The molecule has 0 atom stereocenters. The molecule has 0 amide bonds. The van der Waals surface area contributed by atoms with Gasteiger partial charge in [-0.25, -0.2) is 0 Å². The van der Waals surface area contributed by atoms with Gasteiger partial charge in [-0.1, -0.05) is 39.0 Å². The Bertz CT molecular complexity index is 376. The molecule has 1 aliphatic rings. The molecule has 1 fully saturated rings. The van der Waals surface area contributed by atoms with Crippen molar-refractivity contribution in [1.29, 1.82) is 0 Å². The topological polar surface area (TPSA) is 34.9 Å². The van der Waals surface area contributed by atoms with Crippen molar-refractivity contribution < 1.29 is 4.79 Å². The van der Waals surface area contributed by atoms with Gasteiger partial charge in [-0.2, -0.15) is 5.10 Å². The molecule has 1 aromatic heterocycles. The van der Waals surface area contributed by atoms with Gasteiger partial charge in [0.2, 0.25) is 0 Å². The molecule has 0 bridgehead atoms. The van der Waals surface area contributed by atoms with Gasteiger partial charge in [0.15, 0.2) is 5.78 Å². The lowest BCUT2D eigenvalue weighted by Crippen LogP contribution is -2.15. The summed E-state index contributed by atoms with van der Waals surface area (Å²) >= 11 is 0. The van der Waals surface area contributed by atoms with Crippen LogP contribution in [0.15, 0.2) is 12.4 Å². The Kier molecular flexibility index (Phi) is 4.97. The molecule has 0 radical (unpaired) electrons. The second kappa shape index (κ2) is 6.72. The van der Waals surface area contributed by atoms with Crippen molar-refractivity contribution in [3.05, 3.63) is 18.0 Å². The molecule has 1 aliphatic carbocycles. The zero-order valence-corrected chi connectivity index (χ0v) is 11.4. The number of hydrogen-bond acceptors (Lipinski definition) is 2. The third kappa shape index (κ3) is 3.44. The van der Waals surface area contributed by atoms with E-state index in [2.05, 4.69) is 12.0 Å². The van der Waals surface area contributed by atoms with Crippen molar-refractivity contribution >= 4 is 5.78 Å². The Balaban J connectivity index is 1.99. The molecule has 2 rings (SSSR count). The Hall–Kier alpha value is -1.12. The maximum Gasteiger partial charge on any atom is 0.169 e. The van der Waals surface area contributed by atoms with Crippen molar-refractivity contribution in [3.63, 3.8) is 0 Å². The van der Waals surface area contributed by atoms with E-state index >= 15 is 0 Å². The number of hydrogen-bond donors (Lipinski definition) is 0. The number of rotatable bonds is 4. The van der Waals surface area contributed by atoms with Gasteiger partial charge in [0.1, 0.15) is 0 Å². The van der Waals surface area contributed by atoms with Gasteiger partial charge in [-0.15, -0.1) is 0 Å². The molecule has 1 aromatic rings. The minimum absolute atomic E-state index is 0.240. The van der Waals surface area contributed by atoms with E-state index in [0.29, 0.717) is 5.78 Å². The van der Waals surface area contributed by atoms with Crippen LogP contribution in [0.2, 0.25) is 0 Å². The molecule has 1 heterocycles. The molecule has 0 saturated heterocycles. The molecule has 0 unspecified atom stereocenters. The lowest BCUT2D eigenvalue weighted by Gasteiger charge is -2.17. The van der Waals surface area contributed by atoms with E-state index in [1.54, 1.807) is 6.20 Å². The van der Waals surface area contributed by atoms with Crippen molar-refractivity contribution in [2.24, 2.45) is 5.92 Å². The Morgan fingerprint density at radius 3 is 2.61 bits per heavy atom. The van der Waals surface area contributed by atoms with Crippen LogP contribution in [-0.2, 0) is 6.54 Å². The molecule has 18 heavy (non-hydrogen) atoms. The van der Waals surface area contributed by atoms with Crippen LogP contribution in [0.5, 0.6) is 0 Å². The summed E-state index contributed by atoms with van der Waals surface area (Å²) in [7, 11) is 0.